The molecule has 6 nitrogen and oxygen atoms in total. The highest BCUT2D eigenvalue weighted by Crippen LogP contribution is 2.38. The third kappa shape index (κ3) is 4.31. The molecule has 152 valence electrons. The number of halogens is 6. The normalized spacial score (nSPS) is 12.1. The van der Waals surface area contributed by atoms with Crippen molar-refractivity contribution in [1.29, 1.82) is 0 Å². The van der Waals surface area contributed by atoms with Crippen molar-refractivity contribution in [2.75, 3.05) is 10.2 Å². The molecule has 0 radical (unpaired) electrons. The van der Waals surface area contributed by atoms with Gasteiger partial charge in [0.2, 0.25) is 6.41 Å². The van der Waals surface area contributed by atoms with Crippen LogP contribution in [0.15, 0.2) is 47.2 Å². The summed E-state index contributed by atoms with van der Waals surface area (Å²) in [6.07, 6.45) is -9.32. The molecule has 1 aromatic heterocycles. The quantitative estimate of drug-likeness (QED) is 0.478. The number of benzene rings is 2. The van der Waals surface area contributed by atoms with E-state index in [1.54, 1.807) is 0 Å². The fourth-order valence-corrected chi connectivity index (χ4v) is 2.42. The predicted octanol–water partition coefficient (Wildman–Crippen LogP) is 5.06. The number of aromatic nitrogens is 1. The SMILES string of the molecule is O=CN(C(=O)Nc1ccc2ncoc2c1)c1cc(C(F)(F)F)cc(C(F)(F)F)c1. The lowest BCUT2D eigenvalue weighted by Gasteiger charge is -2.20. The van der Waals surface area contributed by atoms with E-state index in [1.807, 2.05) is 0 Å². The minimum absolute atomic E-state index is 0.0779. The molecule has 29 heavy (non-hydrogen) atoms. The molecule has 0 unspecified atom stereocenters. The number of amides is 3. The van der Waals surface area contributed by atoms with Crippen LogP contribution in [0.25, 0.3) is 11.1 Å². The van der Waals surface area contributed by atoms with Gasteiger partial charge in [0.1, 0.15) is 5.52 Å². The molecule has 3 aromatic rings. The van der Waals surface area contributed by atoms with Gasteiger partial charge in [-0.3, -0.25) is 4.79 Å². The second kappa shape index (κ2) is 7.11. The summed E-state index contributed by atoms with van der Waals surface area (Å²) in [5.41, 5.74) is -3.44. The molecule has 0 saturated heterocycles. The standard InChI is InChI=1S/C17H9F6N3O3/c18-16(19,20)9-3-10(17(21,22)23)5-12(4-9)26(8-27)15(28)25-11-1-2-13-14(6-11)29-7-24-13/h1-8H,(H,25,28). The van der Waals surface area contributed by atoms with Gasteiger partial charge in [-0.25, -0.2) is 14.7 Å². The van der Waals surface area contributed by atoms with Crippen LogP contribution in [0.3, 0.4) is 0 Å². The molecule has 12 heteroatoms. The van der Waals surface area contributed by atoms with Crippen LogP contribution in [-0.2, 0) is 17.1 Å². The molecule has 0 aliphatic rings. The zero-order chi connectivity index (χ0) is 21.4. The third-order valence-corrected chi connectivity index (χ3v) is 3.76. The molecule has 1 N–H and O–H groups in total. The van der Waals surface area contributed by atoms with E-state index in [9.17, 15) is 35.9 Å². The number of carbonyl (C=O) groups is 2. The lowest BCUT2D eigenvalue weighted by Crippen LogP contribution is -2.34. The van der Waals surface area contributed by atoms with Crippen LogP contribution in [0.4, 0.5) is 42.5 Å². The number of nitrogens with one attached hydrogen (secondary N) is 1. The summed E-state index contributed by atoms with van der Waals surface area (Å²) in [4.78, 5) is 27.6. The van der Waals surface area contributed by atoms with Crippen LogP contribution in [0.5, 0.6) is 0 Å². The van der Waals surface area contributed by atoms with Crippen molar-refractivity contribution >= 4 is 34.9 Å². The summed E-state index contributed by atoms with van der Waals surface area (Å²) in [5.74, 6) is 0. The Balaban J connectivity index is 1.97. The summed E-state index contributed by atoms with van der Waals surface area (Å²) in [6, 6.07) is 3.28. The average molecular weight is 417 g/mol. The number of hydrogen-bond acceptors (Lipinski definition) is 4. The maximum Gasteiger partial charge on any atom is 0.416 e. The smallest absolute Gasteiger partial charge is 0.416 e. The highest BCUT2D eigenvalue weighted by molar-refractivity contribution is 6.12. The number of alkyl halides is 6. The lowest BCUT2D eigenvalue weighted by atomic mass is 10.1. The second-order valence-electron chi connectivity index (χ2n) is 5.70. The van der Waals surface area contributed by atoms with Gasteiger partial charge in [-0.1, -0.05) is 0 Å². The maximum atomic E-state index is 13.0. The Morgan fingerprint density at radius 3 is 2.17 bits per heavy atom. The van der Waals surface area contributed by atoms with Gasteiger partial charge in [0.25, 0.3) is 0 Å². The highest BCUT2D eigenvalue weighted by Gasteiger charge is 2.38. The lowest BCUT2D eigenvalue weighted by molar-refractivity contribution is -0.143. The zero-order valence-electron chi connectivity index (χ0n) is 14.0. The second-order valence-corrected chi connectivity index (χ2v) is 5.70. The van der Waals surface area contributed by atoms with Crippen molar-refractivity contribution in [2.24, 2.45) is 0 Å². The van der Waals surface area contributed by atoms with E-state index >= 15 is 0 Å². The Bertz CT molecular complexity index is 1040. The van der Waals surface area contributed by atoms with Gasteiger partial charge in [0.15, 0.2) is 12.0 Å². The Labute approximate surface area is 157 Å². The van der Waals surface area contributed by atoms with Gasteiger partial charge >= 0.3 is 18.4 Å². The first-order chi connectivity index (χ1) is 13.5. The van der Waals surface area contributed by atoms with Gasteiger partial charge < -0.3 is 9.73 Å². The van der Waals surface area contributed by atoms with Crippen molar-refractivity contribution in [2.45, 2.75) is 12.4 Å². The van der Waals surface area contributed by atoms with Gasteiger partial charge in [-0.15, -0.1) is 0 Å². The van der Waals surface area contributed by atoms with E-state index < -0.39 is 35.2 Å². The van der Waals surface area contributed by atoms with E-state index in [0.717, 1.165) is 6.39 Å². The number of oxazole rings is 1. The van der Waals surface area contributed by atoms with E-state index in [-0.39, 0.29) is 40.8 Å². The Kier molecular flexibility index (Phi) is 4.95. The monoisotopic (exact) mass is 417 g/mol. The molecule has 0 saturated carbocycles. The average Bonchev–Trinajstić information content (AvgIpc) is 3.08. The zero-order valence-corrected chi connectivity index (χ0v) is 14.0. The molecule has 0 bridgehead atoms. The molecular weight excluding hydrogens is 408 g/mol. The van der Waals surface area contributed by atoms with E-state index in [0.29, 0.717) is 5.52 Å². The number of carbonyl (C=O) groups excluding carboxylic acids is 2. The molecule has 3 amide bonds. The molecular formula is C17H9F6N3O3. The predicted molar refractivity (Wildman–Crippen MR) is 88.0 cm³/mol. The molecule has 0 aliphatic heterocycles. The number of fused-ring (bicyclic) bond motifs is 1. The minimum atomic E-state index is -5.13. The van der Waals surface area contributed by atoms with Crippen LogP contribution >= 0.6 is 0 Å². The largest absolute Gasteiger partial charge is 0.443 e. The molecule has 2 aromatic carbocycles. The molecule has 1 heterocycles. The van der Waals surface area contributed by atoms with Gasteiger partial charge in [0, 0.05) is 11.8 Å². The molecule has 0 spiro atoms. The van der Waals surface area contributed by atoms with Crippen LogP contribution in [0, 0.1) is 0 Å². The fourth-order valence-electron chi connectivity index (χ4n) is 2.42. The van der Waals surface area contributed by atoms with Crippen molar-refractivity contribution in [1.82, 2.24) is 4.98 Å². The number of imide groups is 1. The first kappa shape index (κ1) is 20.2. The van der Waals surface area contributed by atoms with Crippen molar-refractivity contribution in [3.63, 3.8) is 0 Å². The van der Waals surface area contributed by atoms with Crippen LogP contribution in [-0.4, -0.2) is 17.4 Å². The Morgan fingerprint density at radius 1 is 1.00 bits per heavy atom. The number of nitrogens with zero attached hydrogens (tertiary/aromatic N) is 2. The first-order valence-corrected chi connectivity index (χ1v) is 7.67. The summed E-state index contributed by atoms with van der Waals surface area (Å²) in [7, 11) is 0. The number of urea groups is 1. The third-order valence-electron chi connectivity index (χ3n) is 3.76. The summed E-state index contributed by atoms with van der Waals surface area (Å²) >= 11 is 0. The van der Waals surface area contributed by atoms with Gasteiger partial charge in [0.05, 0.1) is 16.8 Å². The Hall–Kier alpha value is -3.57. The topological polar surface area (TPSA) is 75.4 Å². The van der Waals surface area contributed by atoms with Crippen LogP contribution in [0.2, 0.25) is 0 Å². The Morgan fingerprint density at radius 2 is 1.62 bits per heavy atom. The van der Waals surface area contributed by atoms with Crippen molar-refractivity contribution in [3.05, 3.63) is 53.9 Å². The van der Waals surface area contributed by atoms with Crippen molar-refractivity contribution in [3.8, 4) is 0 Å². The van der Waals surface area contributed by atoms with Crippen LogP contribution < -0.4 is 10.2 Å². The number of anilines is 2. The van der Waals surface area contributed by atoms with E-state index in [1.165, 1.54) is 18.2 Å². The van der Waals surface area contributed by atoms with Gasteiger partial charge in [-0.05, 0) is 30.3 Å². The number of rotatable bonds is 3. The molecule has 3 rings (SSSR count). The fraction of sp³-hybridized carbons (Fsp3) is 0.118. The molecule has 0 atom stereocenters. The summed E-state index contributed by atoms with van der Waals surface area (Å²) in [5, 5.41) is 2.20. The van der Waals surface area contributed by atoms with Gasteiger partial charge in [-0.2, -0.15) is 26.3 Å². The molecule has 0 aliphatic carbocycles. The van der Waals surface area contributed by atoms with Crippen LogP contribution in [0.1, 0.15) is 11.1 Å². The first-order valence-electron chi connectivity index (χ1n) is 7.67. The minimum Gasteiger partial charge on any atom is -0.443 e. The van der Waals surface area contributed by atoms with Crippen molar-refractivity contribution < 1.29 is 40.3 Å². The number of hydrogen-bond donors (Lipinski definition) is 1. The van der Waals surface area contributed by atoms with E-state index in [4.69, 9.17) is 4.42 Å². The summed E-state index contributed by atoms with van der Waals surface area (Å²) in [6.45, 7) is 0. The highest BCUT2D eigenvalue weighted by atomic mass is 19.4. The molecule has 0 fully saturated rings. The van der Waals surface area contributed by atoms with E-state index in [2.05, 4.69) is 10.3 Å². The summed E-state index contributed by atoms with van der Waals surface area (Å²) < 4.78 is 82.9. The maximum absolute atomic E-state index is 13.0.